The zero-order valence-corrected chi connectivity index (χ0v) is 25.7. The van der Waals surface area contributed by atoms with Crippen molar-refractivity contribution in [1.29, 1.82) is 0 Å². The number of nitrogens with zero attached hydrogens (tertiary/aromatic N) is 7. The van der Waals surface area contributed by atoms with Gasteiger partial charge in [-0.2, -0.15) is 0 Å². The first kappa shape index (κ1) is 33.0. The molecule has 1 aliphatic heterocycles. The number of nitrogens with one attached hydrogen (secondary N) is 1. The number of anilines is 2. The molecule has 0 bridgehead atoms. The third-order valence-electron chi connectivity index (χ3n) is 8.34. The summed E-state index contributed by atoms with van der Waals surface area (Å²) >= 11 is 0. The van der Waals surface area contributed by atoms with Gasteiger partial charge in [0, 0.05) is 24.7 Å². The number of likely N-dealkylation sites (N-methyl/N-ethyl adjacent to an activating group) is 1. The number of pyridine rings is 1. The second kappa shape index (κ2) is 13.1. The lowest BCUT2D eigenvalue weighted by Gasteiger charge is -2.44. The number of carbonyl (C=O) groups excluding carboxylic acids is 1. The van der Waals surface area contributed by atoms with E-state index in [9.17, 15) is 23.1 Å². The standard InChI is InChI=1S/C30H35F4N9O3/c1-16(41(2)3)29(45)40-27-24-28(38-14-37-27)43(15-39-24)12-17-8-21(18-9-20(32)23(46-4)10-19(18)31)36-11-22(17)42-7-5-6-30(35,13-42)25(44)26(33)34/h8-11,14-16,25-26,44H,5-7,12-13,35H2,1-4H3,(H,37,38,40,45)/t16-,25+,30+/m0/s1. The Morgan fingerprint density at radius 1 is 1.17 bits per heavy atom. The van der Waals surface area contributed by atoms with Crippen molar-refractivity contribution in [2.24, 2.45) is 5.73 Å². The lowest BCUT2D eigenvalue weighted by atomic mass is 9.84. The number of aliphatic hydroxyl groups excluding tert-OH is 1. The number of benzene rings is 1. The number of imidazole rings is 1. The quantitative estimate of drug-likeness (QED) is 0.220. The van der Waals surface area contributed by atoms with Gasteiger partial charge in [-0.3, -0.25) is 14.7 Å². The molecule has 1 fully saturated rings. The van der Waals surface area contributed by atoms with Gasteiger partial charge in [-0.15, -0.1) is 0 Å². The molecule has 4 N–H and O–H groups in total. The van der Waals surface area contributed by atoms with Gasteiger partial charge < -0.3 is 30.4 Å². The number of methoxy groups -OCH3 is 1. The number of hydrogen-bond acceptors (Lipinski definition) is 10. The molecule has 1 saturated heterocycles. The zero-order valence-electron chi connectivity index (χ0n) is 25.7. The van der Waals surface area contributed by atoms with Crippen LogP contribution in [-0.4, -0.2) is 98.8 Å². The number of fused-ring (bicyclic) bond motifs is 1. The number of hydrogen-bond donors (Lipinski definition) is 3. The topological polar surface area (TPSA) is 148 Å². The molecule has 246 valence electrons. The molecule has 4 aromatic rings. The number of halogens is 4. The summed E-state index contributed by atoms with van der Waals surface area (Å²) in [6.07, 6.45) is -0.290. The van der Waals surface area contributed by atoms with E-state index in [2.05, 4.69) is 25.3 Å². The molecule has 0 aliphatic carbocycles. The van der Waals surface area contributed by atoms with Crippen LogP contribution in [0, 0.1) is 11.6 Å². The Bertz CT molecular complexity index is 1740. The molecular formula is C30H35F4N9O3. The van der Waals surface area contributed by atoms with Crippen LogP contribution < -0.4 is 20.7 Å². The van der Waals surface area contributed by atoms with Crippen molar-refractivity contribution < 1.29 is 32.2 Å². The SMILES string of the molecule is COc1cc(F)c(-c2cc(Cn3cnc4c(NC(=O)[C@H](C)N(C)C)ncnc43)c(N3CCC[C@](N)([C@H](O)C(F)F)C3)cn2)cc1F. The molecule has 3 aromatic heterocycles. The van der Waals surface area contributed by atoms with Crippen LogP contribution in [0.5, 0.6) is 5.75 Å². The molecule has 5 rings (SSSR count). The highest BCUT2D eigenvalue weighted by Crippen LogP contribution is 2.35. The van der Waals surface area contributed by atoms with Gasteiger partial charge in [0.25, 0.3) is 6.43 Å². The van der Waals surface area contributed by atoms with Crippen molar-refractivity contribution in [3.8, 4) is 17.0 Å². The molecule has 3 atom stereocenters. The van der Waals surface area contributed by atoms with Crippen LogP contribution in [0.15, 0.2) is 37.1 Å². The van der Waals surface area contributed by atoms with Crippen LogP contribution in [0.2, 0.25) is 0 Å². The Kier molecular flexibility index (Phi) is 9.42. The first-order chi connectivity index (χ1) is 21.8. The van der Waals surface area contributed by atoms with E-state index in [-0.39, 0.29) is 48.2 Å². The van der Waals surface area contributed by atoms with Crippen molar-refractivity contribution in [2.75, 3.05) is 44.5 Å². The highest BCUT2D eigenvalue weighted by atomic mass is 19.3. The number of aromatic nitrogens is 5. The summed E-state index contributed by atoms with van der Waals surface area (Å²) < 4.78 is 63.4. The normalized spacial score (nSPS) is 18.3. The average molecular weight is 646 g/mol. The predicted molar refractivity (Wildman–Crippen MR) is 163 cm³/mol. The Balaban J connectivity index is 1.57. The molecule has 0 saturated carbocycles. The van der Waals surface area contributed by atoms with Crippen molar-refractivity contribution in [3.05, 3.63) is 54.2 Å². The lowest BCUT2D eigenvalue weighted by Crippen LogP contribution is -2.63. The van der Waals surface area contributed by atoms with E-state index < -0.39 is 35.7 Å². The maximum absolute atomic E-state index is 15.1. The number of nitrogens with two attached hydrogens (primary N) is 1. The largest absolute Gasteiger partial charge is 0.494 e. The summed E-state index contributed by atoms with van der Waals surface area (Å²) in [5.74, 6) is -1.91. The van der Waals surface area contributed by atoms with E-state index in [0.29, 0.717) is 35.4 Å². The molecule has 1 amide bonds. The van der Waals surface area contributed by atoms with Gasteiger partial charge in [-0.1, -0.05) is 0 Å². The monoisotopic (exact) mass is 645 g/mol. The van der Waals surface area contributed by atoms with Crippen LogP contribution in [0.3, 0.4) is 0 Å². The smallest absolute Gasteiger partial charge is 0.265 e. The molecule has 4 heterocycles. The number of carbonyl (C=O) groups is 1. The van der Waals surface area contributed by atoms with Gasteiger partial charge in [0.15, 0.2) is 28.5 Å². The number of ether oxygens (including phenoxy) is 1. The van der Waals surface area contributed by atoms with Crippen molar-refractivity contribution in [1.82, 2.24) is 29.4 Å². The fourth-order valence-electron chi connectivity index (χ4n) is 5.47. The second-order valence-electron chi connectivity index (χ2n) is 11.6. The van der Waals surface area contributed by atoms with E-state index in [1.807, 2.05) is 0 Å². The minimum atomic E-state index is -3.04. The second-order valence-corrected chi connectivity index (χ2v) is 11.6. The van der Waals surface area contributed by atoms with Crippen LogP contribution >= 0.6 is 0 Å². The molecule has 0 spiro atoms. The van der Waals surface area contributed by atoms with E-state index in [4.69, 9.17) is 10.5 Å². The predicted octanol–water partition coefficient (Wildman–Crippen LogP) is 3.04. The van der Waals surface area contributed by atoms with Gasteiger partial charge in [-0.25, -0.2) is 32.5 Å². The molecule has 0 radical (unpaired) electrons. The zero-order chi connectivity index (χ0) is 33.3. The minimum absolute atomic E-state index is 0.0750. The summed E-state index contributed by atoms with van der Waals surface area (Å²) in [6, 6.07) is 3.02. The fourth-order valence-corrected chi connectivity index (χ4v) is 5.47. The number of piperidine rings is 1. The first-order valence-electron chi connectivity index (χ1n) is 14.5. The number of alkyl halides is 2. The summed E-state index contributed by atoms with van der Waals surface area (Å²) in [5, 5.41) is 13.0. The lowest BCUT2D eigenvalue weighted by molar-refractivity contribution is -0.119. The van der Waals surface area contributed by atoms with Crippen LogP contribution in [0.1, 0.15) is 25.3 Å². The van der Waals surface area contributed by atoms with Crippen molar-refractivity contribution >= 4 is 28.6 Å². The van der Waals surface area contributed by atoms with E-state index in [1.165, 1.54) is 26.0 Å². The van der Waals surface area contributed by atoms with Crippen LogP contribution in [0.25, 0.3) is 22.4 Å². The maximum atomic E-state index is 15.1. The van der Waals surface area contributed by atoms with E-state index >= 15 is 4.39 Å². The third kappa shape index (κ3) is 6.45. The van der Waals surface area contributed by atoms with Crippen molar-refractivity contribution in [2.45, 2.75) is 50.4 Å². The van der Waals surface area contributed by atoms with Crippen LogP contribution in [-0.2, 0) is 11.3 Å². The fraction of sp³-hybridized carbons (Fsp3) is 0.433. The summed E-state index contributed by atoms with van der Waals surface area (Å²) in [6.45, 7) is 2.13. The average Bonchev–Trinajstić information content (AvgIpc) is 3.44. The Hall–Kier alpha value is -4.41. The van der Waals surface area contributed by atoms with Gasteiger partial charge in [0.1, 0.15) is 18.2 Å². The minimum Gasteiger partial charge on any atom is -0.494 e. The van der Waals surface area contributed by atoms with Crippen molar-refractivity contribution in [3.63, 3.8) is 0 Å². The number of amides is 1. The van der Waals surface area contributed by atoms with Gasteiger partial charge in [0.2, 0.25) is 5.91 Å². The van der Waals surface area contributed by atoms with Crippen LogP contribution in [0.4, 0.5) is 29.1 Å². The Morgan fingerprint density at radius 3 is 2.63 bits per heavy atom. The maximum Gasteiger partial charge on any atom is 0.265 e. The first-order valence-corrected chi connectivity index (χ1v) is 14.5. The molecule has 1 aromatic carbocycles. The summed E-state index contributed by atoms with van der Waals surface area (Å²) in [7, 11) is 4.77. The number of rotatable bonds is 10. The molecular weight excluding hydrogens is 610 g/mol. The Morgan fingerprint density at radius 2 is 1.93 bits per heavy atom. The molecule has 16 heteroatoms. The van der Waals surface area contributed by atoms with E-state index in [1.54, 1.807) is 41.5 Å². The summed E-state index contributed by atoms with van der Waals surface area (Å²) in [5.41, 5.74) is 6.39. The summed E-state index contributed by atoms with van der Waals surface area (Å²) in [4.78, 5) is 33.6. The van der Waals surface area contributed by atoms with Gasteiger partial charge in [0.05, 0.1) is 49.1 Å². The number of aliphatic hydroxyl groups is 1. The van der Waals surface area contributed by atoms with Gasteiger partial charge in [-0.05, 0) is 51.6 Å². The highest BCUT2D eigenvalue weighted by Gasteiger charge is 2.43. The molecule has 0 unspecified atom stereocenters. The Labute approximate surface area is 262 Å². The van der Waals surface area contributed by atoms with E-state index in [0.717, 1.165) is 12.1 Å². The molecule has 12 nitrogen and oxygen atoms in total. The van der Waals surface area contributed by atoms with Gasteiger partial charge >= 0.3 is 0 Å². The molecule has 46 heavy (non-hydrogen) atoms. The molecule has 1 aliphatic rings. The highest BCUT2D eigenvalue weighted by molar-refractivity contribution is 5.99. The third-order valence-corrected chi connectivity index (χ3v) is 8.34.